The molecule has 4 rings (SSSR count). The fourth-order valence-electron chi connectivity index (χ4n) is 2.77. The van der Waals surface area contributed by atoms with Crippen LogP contribution in [0.3, 0.4) is 0 Å². The second-order valence-corrected chi connectivity index (χ2v) is 6.55. The first-order chi connectivity index (χ1) is 13.2. The molecule has 1 aliphatic heterocycles. The molecule has 2 aromatic carbocycles. The molecular formula is C20H21N5O2. The number of nitrogens with zero attached hydrogens (tertiary/aromatic N) is 3. The monoisotopic (exact) mass is 363 g/mol. The largest absolute Gasteiger partial charge is 0.486 e. The third-order valence-corrected chi connectivity index (χ3v) is 4.21. The standard InChI is InChI=1S/C20H21N5O2/c1-13(2)14-3-5-15(6-4-14)23-20-24-19(12-21-25-20)22-16-7-8-17-18(11-16)27-10-9-26-17/h3-8,11-13H,9-10H2,1-2H3,(H2,22,23,24,25). The number of hydrogen-bond acceptors (Lipinski definition) is 7. The van der Waals surface area contributed by atoms with E-state index in [0.717, 1.165) is 22.9 Å². The van der Waals surface area contributed by atoms with Crippen LogP contribution in [0.4, 0.5) is 23.1 Å². The molecule has 7 nitrogen and oxygen atoms in total. The van der Waals surface area contributed by atoms with Gasteiger partial charge in [-0.05, 0) is 35.7 Å². The second-order valence-electron chi connectivity index (χ2n) is 6.55. The van der Waals surface area contributed by atoms with E-state index in [1.54, 1.807) is 6.20 Å². The van der Waals surface area contributed by atoms with E-state index in [1.165, 1.54) is 5.56 Å². The van der Waals surface area contributed by atoms with Crippen LogP contribution in [0.25, 0.3) is 0 Å². The first-order valence-corrected chi connectivity index (χ1v) is 8.91. The van der Waals surface area contributed by atoms with Gasteiger partial charge in [0, 0.05) is 17.4 Å². The Morgan fingerprint density at radius 1 is 0.889 bits per heavy atom. The highest BCUT2D eigenvalue weighted by Gasteiger charge is 2.12. The minimum Gasteiger partial charge on any atom is -0.486 e. The summed E-state index contributed by atoms with van der Waals surface area (Å²) in [7, 11) is 0. The molecule has 2 N–H and O–H groups in total. The number of rotatable bonds is 5. The molecule has 0 bridgehead atoms. The van der Waals surface area contributed by atoms with Crippen LogP contribution in [-0.2, 0) is 0 Å². The highest BCUT2D eigenvalue weighted by atomic mass is 16.6. The topological polar surface area (TPSA) is 81.2 Å². The predicted octanol–water partition coefficient (Wildman–Crippen LogP) is 4.25. The van der Waals surface area contributed by atoms with Crippen molar-refractivity contribution in [1.29, 1.82) is 0 Å². The predicted molar refractivity (Wildman–Crippen MR) is 104 cm³/mol. The van der Waals surface area contributed by atoms with Crippen molar-refractivity contribution in [2.45, 2.75) is 19.8 Å². The molecule has 7 heteroatoms. The molecule has 27 heavy (non-hydrogen) atoms. The van der Waals surface area contributed by atoms with Crippen LogP contribution in [0, 0.1) is 0 Å². The van der Waals surface area contributed by atoms with Gasteiger partial charge in [-0.2, -0.15) is 10.1 Å². The second kappa shape index (κ2) is 7.49. The van der Waals surface area contributed by atoms with Gasteiger partial charge < -0.3 is 20.1 Å². The van der Waals surface area contributed by atoms with E-state index < -0.39 is 0 Å². The smallest absolute Gasteiger partial charge is 0.249 e. The van der Waals surface area contributed by atoms with Gasteiger partial charge in [-0.1, -0.05) is 26.0 Å². The molecule has 0 unspecified atom stereocenters. The SMILES string of the molecule is CC(C)c1ccc(Nc2nncc(Nc3ccc4c(c3)OCCO4)n2)cc1. The summed E-state index contributed by atoms with van der Waals surface area (Å²) in [5.41, 5.74) is 3.04. The number of nitrogens with one attached hydrogen (secondary N) is 2. The third-order valence-electron chi connectivity index (χ3n) is 4.21. The summed E-state index contributed by atoms with van der Waals surface area (Å²) in [6.07, 6.45) is 1.57. The van der Waals surface area contributed by atoms with E-state index in [1.807, 2.05) is 30.3 Å². The lowest BCUT2D eigenvalue weighted by Gasteiger charge is -2.19. The van der Waals surface area contributed by atoms with Gasteiger partial charge in [0.2, 0.25) is 5.95 Å². The molecule has 0 radical (unpaired) electrons. The van der Waals surface area contributed by atoms with Gasteiger partial charge in [0.05, 0.1) is 6.20 Å². The van der Waals surface area contributed by atoms with Gasteiger partial charge in [-0.15, -0.1) is 5.10 Å². The zero-order valence-corrected chi connectivity index (χ0v) is 15.3. The third kappa shape index (κ3) is 4.08. The van der Waals surface area contributed by atoms with Gasteiger partial charge in [0.15, 0.2) is 17.3 Å². The molecule has 3 aromatic rings. The van der Waals surface area contributed by atoms with Crippen LogP contribution in [0.1, 0.15) is 25.3 Å². The number of anilines is 4. The van der Waals surface area contributed by atoms with Crippen molar-refractivity contribution >= 4 is 23.1 Å². The summed E-state index contributed by atoms with van der Waals surface area (Å²) in [5.74, 6) is 2.98. The Hall–Kier alpha value is -3.35. The Labute approximate surface area is 157 Å². The summed E-state index contributed by atoms with van der Waals surface area (Å²) in [6, 6.07) is 13.9. The van der Waals surface area contributed by atoms with Crippen molar-refractivity contribution in [2.75, 3.05) is 23.8 Å². The molecule has 0 atom stereocenters. The highest BCUT2D eigenvalue weighted by Crippen LogP contribution is 2.33. The van der Waals surface area contributed by atoms with Gasteiger partial charge in [-0.3, -0.25) is 0 Å². The Morgan fingerprint density at radius 3 is 2.41 bits per heavy atom. The van der Waals surface area contributed by atoms with E-state index in [2.05, 4.69) is 51.8 Å². The molecule has 138 valence electrons. The lowest BCUT2D eigenvalue weighted by Crippen LogP contribution is -2.15. The number of ether oxygens (including phenoxy) is 2. The van der Waals surface area contributed by atoms with Crippen LogP contribution >= 0.6 is 0 Å². The first kappa shape index (κ1) is 17.1. The summed E-state index contributed by atoms with van der Waals surface area (Å²) in [6.45, 7) is 5.46. The number of aromatic nitrogens is 3. The Bertz CT molecular complexity index is 928. The minimum atomic E-state index is 0.426. The van der Waals surface area contributed by atoms with Crippen molar-refractivity contribution in [1.82, 2.24) is 15.2 Å². The van der Waals surface area contributed by atoms with E-state index in [0.29, 0.717) is 30.9 Å². The number of benzene rings is 2. The van der Waals surface area contributed by atoms with Gasteiger partial charge in [-0.25, -0.2) is 0 Å². The van der Waals surface area contributed by atoms with Crippen molar-refractivity contribution in [2.24, 2.45) is 0 Å². The molecule has 0 fully saturated rings. The Balaban J connectivity index is 1.47. The average Bonchev–Trinajstić information content (AvgIpc) is 2.69. The zero-order chi connectivity index (χ0) is 18.6. The number of fused-ring (bicyclic) bond motifs is 1. The molecular weight excluding hydrogens is 342 g/mol. The van der Waals surface area contributed by atoms with Crippen molar-refractivity contribution in [3.63, 3.8) is 0 Å². The molecule has 0 amide bonds. The maximum absolute atomic E-state index is 5.61. The van der Waals surface area contributed by atoms with Crippen molar-refractivity contribution in [3.05, 3.63) is 54.2 Å². The van der Waals surface area contributed by atoms with E-state index in [9.17, 15) is 0 Å². The maximum atomic E-state index is 5.61. The number of hydrogen-bond donors (Lipinski definition) is 2. The molecule has 0 saturated heterocycles. The van der Waals surface area contributed by atoms with Crippen molar-refractivity contribution in [3.8, 4) is 11.5 Å². The molecule has 0 saturated carbocycles. The fourth-order valence-corrected chi connectivity index (χ4v) is 2.77. The van der Waals surface area contributed by atoms with Crippen LogP contribution in [0.15, 0.2) is 48.7 Å². The summed E-state index contributed by atoms with van der Waals surface area (Å²) >= 11 is 0. The van der Waals surface area contributed by atoms with Crippen LogP contribution in [0.2, 0.25) is 0 Å². The molecule has 1 aromatic heterocycles. The molecule has 0 spiro atoms. The summed E-state index contributed by atoms with van der Waals surface area (Å²) in [5, 5.41) is 14.5. The average molecular weight is 363 g/mol. The van der Waals surface area contributed by atoms with Crippen LogP contribution < -0.4 is 20.1 Å². The van der Waals surface area contributed by atoms with E-state index >= 15 is 0 Å². The van der Waals surface area contributed by atoms with E-state index in [4.69, 9.17) is 9.47 Å². The van der Waals surface area contributed by atoms with Crippen LogP contribution in [0.5, 0.6) is 11.5 Å². The lowest BCUT2D eigenvalue weighted by molar-refractivity contribution is 0.171. The summed E-state index contributed by atoms with van der Waals surface area (Å²) in [4.78, 5) is 4.47. The fraction of sp³-hybridized carbons (Fsp3) is 0.250. The van der Waals surface area contributed by atoms with Gasteiger partial charge in [0.25, 0.3) is 0 Å². The first-order valence-electron chi connectivity index (χ1n) is 8.91. The van der Waals surface area contributed by atoms with Crippen molar-refractivity contribution < 1.29 is 9.47 Å². The summed E-state index contributed by atoms with van der Waals surface area (Å²) < 4.78 is 11.1. The quantitative estimate of drug-likeness (QED) is 0.701. The van der Waals surface area contributed by atoms with Gasteiger partial charge in [0.1, 0.15) is 13.2 Å². The van der Waals surface area contributed by atoms with Gasteiger partial charge >= 0.3 is 0 Å². The zero-order valence-electron chi connectivity index (χ0n) is 15.3. The van der Waals surface area contributed by atoms with Crippen LogP contribution in [-0.4, -0.2) is 28.4 Å². The lowest BCUT2D eigenvalue weighted by atomic mass is 10.0. The van der Waals surface area contributed by atoms with E-state index in [-0.39, 0.29) is 0 Å². The maximum Gasteiger partial charge on any atom is 0.249 e. The molecule has 2 heterocycles. The minimum absolute atomic E-state index is 0.426. The molecule has 1 aliphatic rings. The highest BCUT2D eigenvalue weighted by molar-refractivity contribution is 5.62. The Morgan fingerprint density at radius 2 is 1.63 bits per heavy atom. The molecule has 0 aliphatic carbocycles. The normalized spacial score (nSPS) is 12.7. The Kier molecular flexibility index (Phi) is 4.74.